The Bertz CT molecular complexity index is 467. The zero-order valence-corrected chi connectivity index (χ0v) is 12.2. The Morgan fingerprint density at radius 1 is 1.28 bits per heavy atom. The first kappa shape index (κ1) is 13.3. The van der Waals surface area contributed by atoms with Crippen molar-refractivity contribution in [1.29, 1.82) is 5.41 Å². The van der Waals surface area contributed by atoms with Gasteiger partial charge in [-0.2, -0.15) is 0 Å². The molecule has 3 atom stereocenters. The van der Waals surface area contributed by atoms with Gasteiger partial charge in [0.2, 0.25) is 0 Å². The second-order valence-corrected chi connectivity index (χ2v) is 5.83. The van der Waals surface area contributed by atoms with Crippen molar-refractivity contribution >= 4 is 11.4 Å². The minimum atomic E-state index is 0.0415. The fourth-order valence-electron chi connectivity index (χ4n) is 3.04. The van der Waals surface area contributed by atoms with Crippen molar-refractivity contribution in [2.24, 2.45) is 16.8 Å². The van der Waals surface area contributed by atoms with Gasteiger partial charge in [0.15, 0.2) is 0 Å². The maximum absolute atomic E-state index is 7.94. The number of hydrogen-bond acceptors (Lipinski definition) is 2. The zero-order valence-electron chi connectivity index (χ0n) is 12.2. The molecule has 0 spiro atoms. The third-order valence-corrected chi connectivity index (χ3v) is 4.90. The molecule has 2 heteroatoms. The summed E-state index contributed by atoms with van der Waals surface area (Å²) in [6.45, 7) is 11.2. The summed E-state index contributed by atoms with van der Waals surface area (Å²) in [6.07, 6.45) is 6.01. The molecule has 0 saturated carbocycles. The van der Waals surface area contributed by atoms with Crippen LogP contribution in [0.15, 0.2) is 28.3 Å². The molecule has 0 saturated heterocycles. The molecule has 1 aliphatic heterocycles. The monoisotopic (exact) mass is 244 g/mol. The van der Waals surface area contributed by atoms with Crippen LogP contribution >= 0.6 is 0 Å². The van der Waals surface area contributed by atoms with Crippen LogP contribution in [0.1, 0.15) is 47.5 Å². The smallest absolute Gasteiger partial charge is 0.0649 e. The number of fused-ring (bicyclic) bond motifs is 1. The number of aliphatic imine (C=N–C) groups is 1. The van der Waals surface area contributed by atoms with Gasteiger partial charge in [0.05, 0.1) is 17.0 Å². The summed E-state index contributed by atoms with van der Waals surface area (Å²) in [5.41, 5.74) is 4.34. The lowest BCUT2D eigenvalue weighted by Crippen LogP contribution is -2.42. The molecule has 0 fully saturated rings. The highest BCUT2D eigenvalue weighted by molar-refractivity contribution is 6.23. The molecule has 0 bridgehead atoms. The van der Waals surface area contributed by atoms with Crippen LogP contribution in [0.2, 0.25) is 0 Å². The molecule has 0 amide bonds. The molecule has 1 heterocycles. The standard InChI is InChI=1S/C16H24N2/c1-6-12-8-13(17)9-14-10(3)11(4)16(5,7-2)18-15(12)14/h8-11,17H,6-7H2,1-5H3. The van der Waals surface area contributed by atoms with Crippen LogP contribution in [-0.4, -0.2) is 17.0 Å². The lowest BCUT2D eigenvalue weighted by atomic mass is 9.68. The Kier molecular flexibility index (Phi) is 3.31. The summed E-state index contributed by atoms with van der Waals surface area (Å²) in [5, 5.41) is 7.94. The SMILES string of the molecule is CCC1=CC(=N)C=C2C1=NC(C)(CC)C(C)C2C. The van der Waals surface area contributed by atoms with Crippen molar-refractivity contribution in [3.8, 4) is 0 Å². The minimum Gasteiger partial charge on any atom is -0.301 e. The third kappa shape index (κ3) is 1.88. The number of hydrogen-bond donors (Lipinski definition) is 1. The molecule has 18 heavy (non-hydrogen) atoms. The van der Waals surface area contributed by atoms with Crippen molar-refractivity contribution in [3.63, 3.8) is 0 Å². The molecule has 0 radical (unpaired) electrons. The highest BCUT2D eigenvalue weighted by atomic mass is 14.9. The van der Waals surface area contributed by atoms with Gasteiger partial charge in [-0.3, -0.25) is 4.99 Å². The number of nitrogens with one attached hydrogen (secondary N) is 1. The average Bonchev–Trinajstić information content (AvgIpc) is 2.36. The third-order valence-electron chi connectivity index (χ3n) is 4.90. The number of nitrogens with zero attached hydrogens (tertiary/aromatic N) is 1. The van der Waals surface area contributed by atoms with Gasteiger partial charge in [0.1, 0.15) is 0 Å². The molecule has 0 aromatic carbocycles. The minimum absolute atomic E-state index is 0.0415. The molecule has 0 aromatic heterocycles. The summed E-state index contributed by atoms with van der Waals surface area (Å²) >= 11 is 0. The highest BCUT2D eigenvalue weighted by Gasteiger charge is 2.40. The quantitative estimate of drug-likeness (QED) is 0.708. The summed E-state index contributed by atoms with van der Waals surface area (Å²) < 4.78 is 0. The zero-order chi connectivity index (χ0) is 13.5. The highest BCUT2D eigenvalue weighted by Crippen LogP contribution is 2.42. The predicted octanol–water partition coefficient (Wildman–Crippen LogP) is 4.18. The molecular weight excluding hydrogens is 220 g/mol. The molecular formula is C16H24N2. The van der Waals surface area contributed by atoms with Gasteiger partial charge in [0, 0.05) is 0 Å². The Hall–Kier alpha value is -1.18. The second kappa shape index (κ2) is 4.49. The van der Waals surface area contributed by atoms with Crippen LogP contribution < -0.4 is 0 Å². The molecule has 2 aliphatic rings. The molecule has 1 N–H and O–H groups in total. The molecule has 0 aromatic rings. The van der Waals surface area contributed by atoms with E-state index in [9.17, 15) is 0 Å². The Labute approximate surface area is 110 Å². The van der Waals surface area contributed by atoms with Gasteiger partial charge in [-0.1, -0.05) is 27.7 Å². The Morgan fingerprint density at radius 2 is 1.94 bits per heavy atom. The summed E-state index contributed by atoms with van der Waals surface area (Å²) in [5.74, 6) is 1.01. The fourth-order valence-corrected chi connectivity index (χ4v) is 3.04. The maximum Gasteiger partial charge on any atom is 0.0649 e. The van der Waals surface area contributed by atoms with Crippen LogP contribution in [0.25, 0.3) is 0 Å². The van der Waals surface area contributed by atoms with Crippen LogP contribution in [0.4, 0.5) is 0 Å². The molecule has 2 nitrogen and oxygen atoms in total. The van der Waals surface area contributed by atoms with Crippen LogP contribution in [0.3, 0.4) is 0 Å². The van der Waals surface area contributed by atoms with E-state index in [0.29, 0.717) is 17.5 Å². The number of rotatable bonds is 2. The van der Waals surface area contributed by atoms with Gasteiger partial charge < -0.3 is 5.41 Å². The predicted molar refractivity (Wildman–Crippen MR) is 78.6 cm³/mol. The van der Waals surface area contributed by atoms with E-state index in [1.54, 1.807) is 0 Å². The Balaban J connectivity index is 2.57. The van der Waals surface area contributed by atoms with Crippen LogP contribution in [0, 0.1) is 17.2 Å². The summed E-state index contributed by atoms with van der Waals surface area (Å²) in [6, 6.07) is 0. The van der Waals surface area contributed by atoms with E-state index in [1.807, 2.05) is 12.2 Å². The van der Waals surface area contributed by atoms with Crippen molar-refractivity contribution in [1.82, 2.24) is 0 Å². The number of allylic oxidation sites excluding steroid dienone is 4. The lowest BCUT2D eigenvalue weighted by Gasteiger charge is -2.43. The second-order valence-electron chi connectivity index (χ2n) is 5.83. The van der Waals surface area contributed by atoms with Crippen molar-refractivity contribution in [2.75, 3.05) is 0 Å². The molecule has 3 unspecified atom stereocenters. The molecule has 98 valence electrons. The topological polar surface area (TPSA) is 36.2 Å². The first-order chi connectivity index (χ1) is 8.42. The van der Waals surface area contributed by atoms with E-state index in [2.05, 4.69) is 34.6 Å². The average molecular weight is 244 g/mol. The lowest BCUT2D eigenvalue weighted by molar-refractivity contribution is 0.245. The molecule has 2 rings (SSSR count). The van der Waals surface area contributed by atoms with Crippen molar-refractivity contribution in [2.45, 2.75) is 53.0 Å². The van der Waals surface area contributed by atoms with Gasteiger partial charge in [-0.15, -0.1) is 0 Å². The van der Waals surface area contributed by atoms with E-state index < -0.39 is 0 Å². The summed E-state index contributed by atoms with van der Waals surface area (Å²) in [7, 11) is 0. The van der Waals surface area contributed by atoms with E-state index >= 15 is 0 Å². The Morgan fingerprint density at radius 3 is 2.50 bits per heavy atom. The van der Waals surface area contributed by atoms with E-state index in [-0.39, 0.29) is 5.54 Å². The van der Waals surface area contributed by atoms with Gasteiger partial charge in [-0.25, -0.2) is 0 Å². The van der Waals surface area contributed by atoms with E-state index in [0.717, 1.165) is 12.8 Å². The van der Waals surface area contributed by atoms with Crippen molar-refractivity contribution in [3.05, 3.63) is 23.3 Å². The van der Waals surface area contributed by atoms with E-state index in [4.69, 9.17) is 10.4 Å². The van der Waals surface area contributed by atoms with Crippen LogP contribution in [-0.2, 0) is 0 Å². The fraction of sp³-hybridized carbons (Fsp3) is 0.625. The summed E-state index contributed by atoms with van der Waals surface area (Å²) in [4.78, 5) is 5.06. The van der Waals surface area contributed by atoms with Gasteiger partial charge in [0.25, 0.3) is 0 Å². The normalized spacial score (nSPS) is 35.6. The van der Waals surface area contributed by atoms with Crippen molar-refractivity contribution < 1.29 is 0 Å². The van der Waals surface area contributed by atoms with Gasteiger partial charge in [-0.05, 0) is 54.9 Å². The van der Waals surface area contributed by atoms with Gasteiger partial charge >= 0.3 is 0 Å². The first-order valence-corrected chi connectivity index (χ1v) is 7.04. The largest absolute Gasteiger partial charge is 0.301 e. The molecule has 1 aliphatic carbocycles. The first-order valence-electron chi connectivity index (χ1n) is 7.04. The maximum atomic E-state index is 7.94. The van der Waals surface area contributed by atoms with E-state index in [1.165, 1.54) is 16.9 Å². The van der Waals surface area contributed by atoms with Crippen LogP contribution in [0.5, 0.6) is 0 Å².